The normalized spacial score (nSPS) is 21.3. The number of ether oxygens (including phenoxy) is 3. The minimum absolute atomic E-state index is 0.0875. The van der Waals surface area contributed by atoms with Gasteiger partial charge in [-0.05, 0) is 54.7 Å². The number of hydrogen-bond donors (Lipinski definition) is 1. The number of likely N-dealkylation sites (tertiary alicyclic amines) is 1. The number of amides is 1. The van der Waals surface area contributed by atoms with Crippen LogP contribution in [0.2, 0.25) is 0 Å². The van der Waals surface area contributed by atoms with Crippen molar-refractivity contribution in [2.75, 3.05) is 33.5 Å². The van der Waals surface area contributed by atoms with E-state index in [0.717, 1.165) is 30.4 Å². The first-order valence-corrected chi connectivity index (χ1v) is 13.7. The molecule has 2 heterocycles. The number of carboxylic acid groups (broad SMARTS) is 1. The standard InChI is InChI=1S/C30H40N2O6/c1-5-8-24(29(33)31(15-6-2)16-7-3)32-18-23(21-11-14-25-26(17-21)38-19-37-25)27(30(34)35)28(32)20-9-12-22(36-4)13-10-20/h9-14,17,23-24,27-28H,5-8,15-16,18-19H2,1-4H3,(H,34,35). The van der Waals surface area contributed by atoms with E-state index in [4.69, 9.17) is 14.2 Å². The van der Waals surface area contributed by atoms with Crippen molar-refractivity contribution in [1.82, 2.24) is 9.80 Å². The van der Waals surface area contributed by atoms with Gasteiger partial charge in [-0.2, -0.15) is 0 Å². The molecule has 0 bridgehead atoms. The molecule has 4 unspecified atom stereocenters. The number of benzene rings is 2. The number of carbonyl (C=O) groups excluding carboxylic acids is 1. The third-order valence-corrected chi connectivity index (χ3v) is 7.65. The molecule has 4 rings (SSSR count). The SMILES string of the molecule is CCCC(C(=O)N(CCC)CCC)N1CC(c2ccc3c(c2)OCO3)C(C(=O)O)C1c1ccc(OC)cc1. The molecule has 0 radical (unpaired) electrons. The highest BCUT2D eigenvalue weighted by Gasteiger charge is 2.51. The van der Waals surface area contributed by atoms with Crippen molar-refractivity contribution >= 4 is 11.9 Å². The number of hydrogen-bond acceptors (Lipinski definition) is 6. The molecular weight excluding hydrogens is 484 g/mol. The molecule has 1 saturated heterocycles. The van der Waals surface area contributed by atoms with Crippen LogP contribution in [-0.4, -0.2) is 66.4 Å². The van der Waals surface area contributed by atoms with Gasteiger partial charge in [-0.3, -0.25) is 14.5 Å². The van der Waals surface area contributed by atoms with Gasteiger partial charge in [-0.15, -0.1) is 0 Å². The lowest BCUT2D eigenvalue weighted by molar-refractivity contribution is -0.145. The summed E-state index contributed by atoms with van der Waals surface area (Å²) in [6.45, 7) is 8.24. The Bertz CT molecular complexity index is 1100. The predicted molar refractivity (Wildman–Crippen MR) is 145 cm³/mol. The van der Waals surface area contributed by atoms with Crippen molar-refractivity contribution in [2.24, 2.45) is 5.92 Å². The number of nitrogens with zero attached hydrogens (tertiary/aromatic N) is 2. The monoisotopic (exact) mass is 524 g/mol. The van der Waals surface area contributed by atoms with E-state index in [-0.39, 0.29) is 18.6 Å². The van der Waals surface area contributed by atoms with Gasteiger partial charge in [0.2, 0.25) is 12.7 Å². The minimum Gasteiger partial charge on any atom is -0.497 e. The molecule has 8 nitrogen and oxygen atoms in total. The Hall–Kier alpha value is -3.26. The summed E-state index contributed by atoms with van der Waals surface area (Å²) in [6.07, 6.45) is 3.24. The van der Waals surface area contributed by atoms with Crippen LogP contribution in [0.3, 0.4) is 0 Å². The maximum absolute atomic E-state index is 14.0. The van der Waals surface area contributed by atoms with Crippen molar-refractivity contribution < 1.29 is 28.9 Å². The average molecular weight is 525 g/mol. The van der Waals surface area contributed by atoms with E-state index in [1.165, 1.54) is 0 Å². The molecule has 1 N–H and O–H groups in total. The van der Waals surface area contributed by atoms with E-state index in [1.54, 1.807) is 7.11 Å². The smallest absolute Gasteiger partial charge is 0.309 e. The Kier molecular flexibility index (Phi) is 9.15. The van der Waals surface area contributed by atoms with Crippen LogP contribution in [0, 0.1) is 5.92 Å². The number of carboxylic acids is 1. The first-order chi connectivity index (χ1) is 18.4. The first-order valence-electron chi connectivity index (χ1n) is 13.7. The quantitative estimate of drug-likeness (QED) is 0.414. The van der Waals surface area contributed by atoms with Crippen LogP contribution in [0.25, 0.3) is 0 Å². The first kappa shape index (κ1) is 27.8. The van der Waals surface area contributed by atoms with Crippen LogP contribution < -0.4 is 14.2 Å². The maximum atomic E-state index is 14.0. The van der Waals surface area contributed by atoms with E-state index in [1.807, 2.05) is 47.4 Å². The Morgan fingerprint density at radius 2 is 1.66 bits per heavy atom. The molecule has 0 saturated carbocycles. The minimum atomic E-state index is -0.877. The van der Waals surface area contributed by atoms with Crippen molar-refractivity contribution in [2.45, 2.75) is 64.5 Å². The molecule has 8 heteroatoms. The number of rotatable bonds is 12. The Balaban J connectivity index is 1.80. The molecule has 206 valence electrons. The van der Waals surface area contributed by atoms with Crippen LogP contribution in [0.4, 0.5) is 0 Å². The summed E-state index contributed by atoms with van der Waals surface area (Å²) in [5.41, 5.74) is 1.75. The molecule has 0 aliphatic carbocycles. The Morgan fingerprint density at radius 1 is 1.00 bits per heavy atom. The van der Waals surface area contributed by atoms with Crippen LogP contribution >= 0.6 is 0 Å². The fourth-order valence-corrected chi connectivity index (χ4v) is 5.95. The number of fused-ring (bicyclic) bond motifs is 1. The molecule has 0 aromatic heterocycles. The number of methoxy groups -OCH3 is 1. The zero-order chi connectivity index (χ0) is 27.2. The zero-order valence-electron chi connectivity index (χ0n) is 22.9. The summed E-state index contributed by atoms with van der Waals surface area (Å²) in [4.78, 5) is 31.1. The number of aliphatic carboxylic acids is 1. The summed E-state index contributed by atoms with van der Waals surface area (Å²) in [7, 11) is 1.61. The molecule has 0 spiro atoms. The molecule has 2 aromatic carbocycles. The lowest BCUT2D eigenvalue weighted by atomic mass is 9.82. The van der Waals surface area contributed by atoms with Crippen molar-refractivity contribution in [3.05, 3.63) is 53.6 Å². The van der Waals surface area contributed by atoms with Crippen LogP contribution in [0.15, 0.2) is 42.5 Å². The Labute approximate surface area is 225 Å². The molecule has 1 amide bonds. The molecular formula is C30H40N2O6. The van der Waals surface area contributed by atoms with Gasteiger partial charge in [0.15, 0.2) is 11.5 Å². The molecule has 1 fully saturated rings. The lowest BCUT2D eigenvalue weighted by Gasteiger charge is -2.36. The summed E-state index contributed by atoms with van der Waals surface area (Å²) in [5.74, 6) is 0.132. The maximum Gasteiger partial charge on any atom is 0.309 e. The lowest BCUT2D eigenvalue weighted by Crippen LogP contribution is -2.49. The fraction of sp³-hybridized carbons (Fsp3) is 0.533. The highest BCUT2D eigenvalue weighted by Crippen LogP contribution is 2.49. The van der Waals surface area contributed by atoms with E-state index in [9.17, 15) is 14.7 Å². The Morgan fingerprint density at radius 3 is 2.26 bits per heavy atom. The second kappa shape index (κ2) is 12.5. The molecule has 2 aromatic rings. The zero-order valence-corrected chi connectivity index (χ0v) is 22.9. The van der Waals surface area contributed by atoms with Gasteiger partial charge >= 0.3 is 5.97 Å². The third-order valence-electron chi connectivity index (χ3n) is 7.65. The van der Waals surface area contributed by atoms with Crippen LogP contribution in [0.1, 0.15) is 69.5 Å². The number of carbonyl (C=O) groups is 2. The van der Waals surface area contributed by atoms with Gasteiger partial charge in [-0.25, -0.2) is 0 Å². The molecule has 2 aliphatic heterocycles. The largest absolute Gasteiger partial charge is 0.497 e. The summed E-state index contributed by atoms with van der Waals surface area (Å²) < 4.78 is 16.5. The highest BCUT2D eigenvalue weighted by molar-refractivity contribution is 5.82. The van der Waals surface area contributed by atoms with E-state index in [0.29, 0.717) is 43.3 Å². The van der Waals surface area contributed by atoms with Crippen molar-refractivity contribution in [3.63, 3.8) is 0 Å². The average Bonchev–Trinajstić information content (AvgIpc) is 3.56. The van der Waals surface area contributed by atoms with Gasteiger partial charge in [0.05, 0.1) is 19.1 Å². The highest BCUT2D eigenvalue weighted by atomic mass is 16.7. The van der Waals surface area contributed by atoms with Gasteiger partial charge in [0, 0.05) is 31.6 Å². The second-order valence-electron chi connectivity index (χ2n) is 10.1. The molecule has 4 atom stereocenters. The van der Waals surface area contributed by atoms with E-state index >= 15 is 0 Å². The van der Waals surface area contributed by atoms with Crippen molar-refractivity contribution in [3.8, 4) is 17.2 Å². The topological polar surface area (TPSA) is 88.5 Å². The molecule has 2 aliphatic rings. The van der Waals surface area contributed by atoms with Crippen LogP contribution in [-0.2, 0) is 9.59 Å². The van der Waals surface area contributed by atoms with Crippen molar-refractivity contribution in [1.29, 1.82) is 0 Å². The summed E-state index contributed by atoms with van der Waals surface area (Å²) >= 11 is 0. The second-order valence-corrected chi connectivity index (χ2v) is 10.1. The van der Waals surface area contributed by atoms with Gasteiger partial charge in [-0.1, -0.05) is 45.4 Å². The van der Waals surface area contributed by atoms with Crippen LogP contribution in [0.5, 0.6) is 17.2 Å². The predicted octanol–water partition coefficient (Wildman–Crippen LogP) is 5.08. The van der Waals surface area contributed by atoms with E-state index < -0.39 is 24.0 Å². The fourth-order valence-electron chi connectivity index (χ4n) is 5.95. The van der Waals surface area contributed by atoms with Gasteiger partial charge in [0.25, 0.3) is 0 Å². The third kappa shape index (κ3) is 5.60. The summed E-state index contributed by atoms with van der Waals surface area (Å²) in [6, 6.07) is 12.4. The van der Waals surface area contributed by atoms with Gasteiger partial charge < -0.3 is 24.2 Å². The van der Waals surface area contributed by atoms with E-state index in [2.05, 4.69) is 25.7 Å². The molecule has 38 heavy (non-hydrogen) atoms. The van der Waals surface area contributed by atoms with Gasteiger partial charge in [0.1, 0.15) is 5.75 Å². The summed E-state index contributed by atoms with van der Waals surface area (Å²) in [5, 5.41) is 10.6.